The van der Waals surface area contributed by atoms with E-state index in [1.807, 2.05) is 6.21 Å². The average molecular weight is 408 g/mol. The number of H-pyrrole nitrogens is 1. The summed E-state index contributed by atoms with van der Waals surface area (Å²) in [5.74, 6) is 0.700. The van der Waals surface area contributed by atoms with Gasteiger partial charge in [-0.3, -0.25) is 0 Å². The van der Waals surface area contributed by atoms with Gasteiger partial charge in [0.25, 0.3) is 0 Å². The van der Waals surface area contributed by atoms with Crippen LogP contribution in [0.2, 0.25) is 0 Å². The maximum Gasteiger partial charge on any atom is 0.216 e. The Morgan fingerprint density at radius 2 is 1.66 bits per heavy atom. The summed E-state index contributed by atoms with van der Waals surface area (Å²) in [4.78, 5) is 2.31. The van der Waals surface area contributed by atoms with E-state index in [1.165, 1.54) is 11.3 Å². The molecule has 152 valence electrons. The normalized spacial score (nSPS) is 11.9. The van der Waals surface area contributed by atoms with Crippen LogP contribution in [-0.2, 0) is 5.41 Å². The fourth-order valence-electron chi connectivity index (χ4n) is 3.19. The number of aromatic nitrogens is 3. The van der Waals surface area contributed by atoms with Crippen molar-refractivity contribution in [3.05, 3.63) is 64.4 Å². The van der Waals surface area contributed by atoms with E-state index in [0.29, 0.717) is 10.6 Å². The summed E-state index contributed by atoms with van der Waals surface area (Å²) in [6.45, 7) is 12.9. The first-order valence-electron chi connectivity index (χ1n) is 10.0. The summed E-state index contributed by atoms with van der Waals surface area (Å²) in [6, 6.07) is 16.8. The zero-order valence-electron chi connectivity index (χ0n) is 17.8. The van der Waals surface area contributed by atoms with Crippen molar-refractivity contribution in [3.8, 4) is 11.4 Å². The minimum absolute atomic E-state index is 0.110. The molecule has 0 fully saturated rings. The van der Waals surface area contributed by atoms with Gasteiger partial charge in [-0.2, -0.15) is 14.9 Å². The predicted octanol–water partition coefficient (Wildman–Crippen LogP) is 5.63. The maximum absolute atomic E-state index is 5.38. The van der Waals surface area contributed by atoms with Gasteiger partial charge in [0.05, 0.1) is 6.21 Å². The van der Waals surface area contributed by atoms with Crippen LogP contribution < -0.4 is 4.90 Å². The Morgan fingerprint density at radius 1 is 1.03 bits per heavy atom. The van der Waals surface area contributed by atoms with E-state index in [1.54, 1.807) is 4.68 Å². The molecule has 1 aromatic heterocycles. The number of benzene rings is 2. The fraction of sp³-hybridized carbons (Fsp3) is 0.348. The number of nitrogens with one attached hydrogen (secondary N) is 1. The molecule has 0 aliphatic rings. The van der Waals surface area contributed by atoms with Crippen molar-refractivity contribution in [1.82, 2.24) is 14.9 Å². The number of anilines is 1. The molecular weight excluding hydrogens is 378 g/mol. The van der Waals surface area contributed by atoms with Crippen LogP contribution in [0.15, 0.2) is 53.6 Å². The van der Waals surface area contributed by atoms with E-state index in [4.69, 9.17) is 12.2 Å². The predicted molar refractivity (Wildman–Crippen MR) is 125 cm³/mol. The summed E-state index contributed by atoms with van der Waals surface area (Å²) in [7, 11) is 0. The molecule has 3 aromatic rings. The quantitative estimate of drug-likeness (QED) is 0.425. The van der Waals surface area contributed by atoms with Crippen molar-refractivity contribution in [3.63, 3.8) is 0 Å². The summed E-state index contributed by atoms with van der Waals surface area (Å²) in [5, 5.41) is 11.8. The largest absolute Gasteiger partial charge is 0.372 e. The zero-order valence-corrected chi connectivity index (χ0v) is 18.6. The van der Waals surface area contributed by atoms with Gasteiger partial charge in [0.15, 0.2) is 5.82 Å². The lowest BCUT2D eigenvalue weighted by atomic mass is 9.87. The Hall–Kier alpha value is -2.73. The molecule has 1 heterocycles. The minimum atomic E-state index is 0.110. The second-order valence-corrected chi connectivity index (χ2v) is 8.39. The molecule has 2 aromatic carbocycles. The Morgan fingerprint density at radius 3 is 2.21 bits per heavy atom. The SMILES string of the molecule is CCN(CC)c1ccc(/C=N/n2c(-c3ccc(C(C)(C)C)cc3)n[nH]c2=S)cc1. The lowest BCUT2D eigenvalue weighted by Gasteiger charge is -2.20. The zero-order chi connectivity index (χ0) is 21.0. The fourth-order valence-corrected chi connectivity index (χ4v) is 3.37. The highest BCUT2D eigenvalue weighted by molar-refractivity contribution is 7.71. The monoisotopic (exact) mass is 407 g/mol. The molecule has 0 aliphatic heterocycles. The van der Waals surface area contributed by atoms with E-state index in [9.17, 15) is 0 Å². The van der Waals surface area contributed by atoms with Gasteiger partial charge in [-0.1, -0.05) is 57.2 Å². The van der Waals surface area contributed by atoms with Crippen molar-refractivity contribution >= 4 is 24.1 Å². The van der Waals surface area contributed by atoms with Gasteiger partial charge in [0.2, 0.25) is 4.77 Å². The van der Waals surface area contributed by atoms with Gasteiger partial charge in [0.1, 0.15) is 0 Å². The van der Waals surface area contributed by atoms with Crippen molar-refractivity contribution in [2.45, 2.75) is 40.0 Å². The van der Waals surface area contributed by atoms with Gasteiger partial charge in [-0.15, -0.1) is 0 Å². The number of hydrogen-bond donors (Lipinski definition) is 1. The lowest BCUT2D eigenvalue weighted by Crippen LogP contribution is -2.21. The molecule has 29 heavy (non-hydrogen) atoms. The van der Waals surface area contributed by atoms with Gasteiger partial charge in [-0.05, 0) is 54.7 Å². The molecule has 0 unspecified atom stereocenters. The summed E-state index contributed by atoms with van der Waals surface area (Å²) in [5.41, 5.74) is 4.58. The van der Waals surface area contributed by atoms with Crippen LogP contribution in [-0.4, -0.2) is 34.2 Å². The average Bonchev–Trinajstić information content (AvgIpc) is 3.08. The van der Waals surface area contributed by atoms with Crippen LogP contribution in [0.4, 0.5) is 5.69 Å². The van der Waals surface area contributed by atoms with Crippen LogP contribution in [0, 0.1) is 4.77 Å². The van der Waals surface area contributed by atoms with E-state index < -0.39 is 0 Å². The van der Waals surface area contributed by atoms with Crippen molar-refractivity contribution < 1.29 is 0 Å². The first-order chi connectivity index (χ1) is 13.8. The standard InChI is InChI=1S/C23H29N5S/c1-6-27(7-2)20-14-8-17(9-15-20)16-24-28-21(25-26-22(28)29)18-10-12-19(13-11-18)23(3,4)5/h8-16H,6-7H2,1-5H3,(H,26,29)/b24-16+. The highest BCUT2D eigenvalue weighted by Gasteiger charge is 2.14. The summed E-state index contributed by atoms with van der Waals surface area (Å²) >= 11 is 5.38. The summed E-state index contributed by atoms with van der Waals surface area (Å²) in [6.07, 6.45) is 1.81. The van der Waals surface area contributed by atoms with Crippen LogP contribution in [0.3, 0.4) is 0 Å². The molecule has 6 heteroatoms. The second-order valence-electron chi connectivity index (χ2n) is 8.00. The van der Waals surface area contributed by atoms with Gasteiger partial charge < -0.3 is 4.90 Å². The van der Waals surface area contributed by atoms with Crippen LogP contribution in [0.5, 0.6) is 0 Å². The van der Waals surface area contributed by atoms with E-state index in [0.717, 1.165) is 24.2 Å². The molecule has 0 radical (unpaired) electrons. The van der Waals surface area contributed by atoms with Crippen LogP contribution in [0.1, 0.15) is 45.7 Å². The molecule has 1 N–H and O–H groups in total. The van der Waals surface area contributed by atoms with Crippen LogP contribution >= 0.6 is 12.2 Å². The third-order valence-corrected chi connectivity index (χ3v) is 5.27. The number of rotatable bonds is 6. The van der Waals surface area contributed by atoms with E-state index >= 15 is 0 Å². The molecule has 0 saturated carbocycles. The third kappa shape index (κ3) is 4.82. The Labute approximate surface area is 178 Å². The minimum Gasteiger partial charge on any atom is -0.372 e. The Balaban J connectivity index is 1.86. The van der Waals surface area contributed by atoms with Gasteiger partial charge in [-0.25, -0.2) is 5.10 Å². The van der Waals surface area contributed by atoms with Crippen molar-refractivity contribution in [1.29, 1.82) is 0 Å². The molecule has 3 rings (SSSR count). The lowest BCUT2D eigenvalue weighted by molar-refractivity contribution is 0.590. The molecule has 0 spiro atoms. The molecule has 0 saturated heterocycles. The number of hydrogen-bond acceptors (Lipinski definition) is 4. The highest BCUT2D eigenvalue weighted by atomic mass is 32.1. The maximum atomic E-state index is 5.38. The Bertz CT molecular complexity index is 1020. The first-order valence-corrected chi connectivity index (χ1v) is 10.4. The van der Waals surface area contributed by atoms with Crippen LogP contribution in [0.25, 0.3) is 11.4 Å². The Kier molecular flexibility index (Phi) is 6.33. The molecule has 5 nitrogen and oxygen atoms in total. The summed E-state index contributed by atoms with van der Waals surface area (Å²) < 4.78 is 2.13. The molecule has 0 amide bonds. The molecule has 0 aliphatic carbocycles. The van der Waals surface area contributed by atoms with Crippen molar-refractivity contribution in [2.75, 3.05) is 18.0 Å². The second kappa shape index (κ2) is 8.74. The topological polar surface area (TPSA) is 49.2 Å². The third-order valence-electron chi connectivity index (χ3n) is 5.00. The van der Waals surface area contributed by atoms with Gasteiger partial charge in [0, 0.05) is 24.3 Å². The van der Waals surface area contributed by atoms with Gasteiger partial charge >= 0.3 is 0 Å². The smallest absolute Gasteiger partial charge is 0.216 e. The molecule has 0 bridgehead atoms. The molecular formula is C23H29N5S. The van der Waals surface area contributed by atoms with E-state index in [-0.39, 0.29) is 5.41 Å². The highest BCUT2D eigenvalue weighted by Crippen LogP contribution is 2.25. The first kappa shape index (κ1) is 21.0. The van der Waals surface area contributed by atoms with Crippen molar-refractivity contribution in [2.24, 2.45) is 5.10 Å². The molecule has 0 atom stereocenters. The van der Waals surface area contributed by atoms with E-state index in [2.05, 4.69) is 103 Å². The number of aromatic amines is 1. The number of nitrogens with zero attached hydrogens (tertiary/aromatic N) is 4.